The van der Waals surface area contributed by atoms with Crippen LogP contribution in [-0.2, 0) is 0 Å². The molecule has 0 aliphatic heterocycles. The van der Waals surface area contributed by atoms with Crippen molar-refractivity contribution in [1.82, 2.24) is 10.3 Å². The molecule has 0 saturated carbocycles. The number of hydrogen-bond donors (Lipinski definition) is 2. The lowest BCUT2D eigenvalue weighted by molar-refractivity contribution is 0.0941. The molecule has 0 unspecified atom stereocenters. The number of fused-ring (bicyclic) bond motifs is 1. The van der Waals surface area contributed by atoms with E-state index >= 15 is 0 Å². The van der Waals surface area contributed by atoms with E-state index in [-0.39, 0.29) is 11.9 Å². The fourth-order valence-electron chi connectivity index (χ4n) is 3.57. The van der Waals surface area contributed by atoms with E-state index in [0.717, 1.165) is 22.2 Å². The van der Waals surface area contributed by atoms with Crippen molar-refractivity contribution in [1.29, 1.82) is 0 Å². The Bertz CT molecular complexity index is 1240. The smallest absolute Gasteiger partial charge is 0.252 e. The van der Waals surface area contributed by atoms with E-state index in [4.69, 9.17) is 14.5 Å². The number of carbonyl (C=O) groups is 1. The topological polar surface area (TPSA) is 72.5 Å². The van der Waals surface area contributed by atoms with E-state index in [9.17, 15) is 4.79 Å². The Hall–Kier alpha value is -4.06. The number of amides is 1. The number of hydrogen-bond acceptors (Lipinski definition) is 5. The van der Waals surface area contributed by atoms with Gasteiger partial charge < -0.3 is 20.1 Å². The first-order valence-corrected chi connectivity index (χ1v) is 10.3. The number of nitrogens with zero attached hydrogens (tertiary/aromatic N) is 1. The molecule has 2 N–H and O–H groups in total. The average molecular weight is 428 g/mol. The molecule has 1 aromatic heterocycles. The first-order chi connectivity index (χ1) is 15.6. The fourth-order valence-corrected chi connectivity index (χ4v) is 3.57. The van der Waals surface area contributed by atoms with Crippen molar-refractivity contribution >= 4 is 28.3 Å². The molecule has 32 heavy (non-hydrogen) atoms. The monoisotopic (exact) mass is 427 g/mol. The van der Waals surface area contributed by atoms with Gasteiger partial charge in [0.05, 0.1) is 37.0 Å². The third-order valence-corrected chi connectivity index (χ3v) is 5.28. The Morgan fingerprint density at radius 2 is 1.66 bits per heavy atom. The largest absolute Gasteiger partial charge is 0.497 e. The maximum atomic E-state index is 13.2. The summed E-state index contributed by atoms with van der Waals surface area (Å²) in [6, 6.07) is 24.6. The predicted octanol–water partition coefficient (Wildman–Crippen LogP) is 5.49. The summed E-state index contributed by atoms with van der Waals surface area (Å²) in [4.78, 5) is 17.9. The van der Waals surface area contributed by atoms with Crippen molar-refractivity contribution in [2.45, 2.75) is 13.0 Å². The van der Waals surface area contributed by atoms with Crippen molar-refractivity contribution in [3.63, 3.8) is 0 Å². The van der Waals surface area contributed by atoms with Crippen molar-refractivity contribution in [2.24, 2.45) is 0 Å². The summed E-state index contributed by atoms with van der Waals surface area (Å²) in [5, 5.41) is 7.16. The van der Waals surface area contributed by atoms with Crippen LogP contribution < -0.4 is 20.1 Å². The van der Waals surface area contributed by atoms with Crippen LogP contribution in [-0.4, -0.2) is 25.1 Å². The second kappa shape index (κ2) is 9.39. The van der Waals surface area contributed by atoms with Gasteiger partial charge in [-0.15, -0.1) is 0 Å². The Morgan fingerprint density at radius 1 is 0.906 bits per heavy atom. The SMILES string of the molecule is COc1ccc(Nc2cc(C(=O)N[C@H](C)c3ccccc3)c3ccccc3n2)c(OC)c1. The van der Waals surface area contributed by atoms with Gasteiger partial charge in [-0.05, 0) is 36.8 Å². The summed E-state index contributed by atoms with van der Waals surface area (Å²) in [5.74, 6) is 1.69. The van der Waals surface area contributed by atoms with Crippen LogP contribution >= 0.6 is 0 Å². The number of para-hydroxylation sites is 1. The predicted molar refractivity (Wildman–Crippen MR) is 127 cm³/mol. The zero-order chi connectivity index (χ0) is 22.5. The van der Waals surface area contributed by atoms with Crippen LogP contribution in [0.25, 0.3) is 10.9 Å². The molecule has 0 aliphatic rings. The quantitative estimate of drug-likeness (QED) is 0.408. The number of carbonyl (C=O) groups excluding carboxylic acids is 1. The van der Waals surface area contributed by atoms with Crippen LogP contribution in [0.4, 0.5) is 11.5 Å². The van der Waals surface area contributed by atoms with Crippen LogP contribution in [0.2, 0.25) is 0 Å². The normalized spacial score (nSPS) is 11.6. The number of ether oxygens (including phenoxy) is 2. The molecular weight excluding hydrogens is 402 g/mol. The Labute approximate surface area is 187 Å². The summed E-state index contributed by atoms with van der Waals surface area (Å²) in [6.45, 7) is 1.97. The Morgan fingerprint density at radius 3 is 2.41 bits per heavy atom. The first-order valence-electron chi connectivity index (χ1n) is 10.3. The molecule has 4 aromatic rings. The van der Waals surface area contributed by atoms with E-state index in [1.54, 1.807) is 26.4 Å². The van der Waals surface area contributed by atoms with Gasteiger partial charge in [-0.25, -0.2) is 4.98 Å². The molecule has 1 heterocycles. The molecule has 3 aromatic carbocycles. The second-order valence-electron chi connectivity index (χ2n) is 7.37. The van der Waals surface area contributed by atoms with Gasteiger partial charge in [0.1, 0.15) is 17.3 Å². The molecule has 6 nitrogen and oxygen atoms in total. The number of aromatic nitrogens is 1. The molecule has 0 saturated heterocycles. The lowest BCUT2D eigenvalue weighted by Crippen LogP contribution is -2.27. The van der Waals surface area contributed by atoms with Gasteiger partial charge in [0.15, 0.2) is 0 Å². The summed E-state index contributed by atoms with van der Waals surface area (Å²) >= 11 is 0. The molecule has 0 bridgehead atoms. The van der Waals surface area contributed by atoms with Crippen LogP contribution in [0.15, 0.2) is 78.9 Å². The minimum atomic E-state index is -0.162. The van der Waals surface area contributed by atoms with Crippen LogP contribution in [0.3, 0.4) is 0 Å². The molecule has 0 aliphatic carbocycles. The Kier molecular flexibility index (Phi) is 6.22. The minimum Gasteiger partial charge on any atom is -0.497 e. The standard InChI is InChI=1S/C26H25N3O3/c1-17(18-9-5-4-6-10-18)27-26(30)21-16-25(28-22-12-8-7-11-20(21)22)29-23-14-13-19(31-2)15-24(23)32-3/h4-17H,1-3H3,(H,27,30)(H,28,29)/t17-/m1/s1. The number of benzene rings is 3. The van der Waals surface area contributed by atoms with Gasteiger partial charge in [0.2, 0.25) is 0 Å². The highest BCUT2D eigenvalue weighted by molar-refractivity contribution is 6.07. The zero-order valence-electron chi connectivity index (χ0n) is 18.3. The third kappa shape index (κ3) is 4.49. The molecule has 0 fully saturated rings. The number of methoxy groups -OCH3 is 2. The van der Waals surface area contributed by atoms with Gasteiger partial charge in [-0.1, -0.05) is 48.5 Å². The summed E-state index contributed by atoms with van der Waals surface area (Å²) < 4.78 is 10.7. The second-order valence-corrected chi connectivity index (χ2v) is 7.37. The van der Waals surface area contributed by atoms with Gasteiger partial charge in [0, 0.05) is 11.5 Å². The number of anilines is 2. The van der Waals surface area contributed by atoms with Crippen molar-refractivity contribution < 1.29 is 14.3 Å². The van der Waals surface area contributed by atoms with E-state index in [1.807, 2.05) is 73.7 Å². The van der Waals surface area contributed by atoms with E-state index < -0.39 is 0 Å². The van der Waals surface area contributed by atoms with Gasteiger partial charge in [-0.2, -0.15) is 0 Å². The van der Waals surface area contributed by atoms with Crippen LogP contribution in [0, 0.1) is 0 Å². The van der Waals surface area contributed by atoms with Crippen molar-refractivity contribution in [2.75, 3.05) is 19.5 Å². The lowest BCUT2D eigenvalue weighted by atomic mass is 10.1. The molecular formula is C26H25N3O3. The van der Waals surface area contributed by atoms with Gasteiger partial charge in [0.25, 0.3) is 5.91 Å². The van der Waals surface area contributed by atoms with Crippen LogP contribution in [0.5, 0.6) is 11.5 Å². The summed E-state index contributed by atoms with van der Waals surface area (Å²) in [5.41, 5.74) is 3.04. The molecule has 1 amide bonds. The number of nitrogens with one attached hydrogen (secondary N) is 2. The minimum absolute atomic E-state index is 0.131. The Balaban J connectivity index is 1.68. The van der Waals surface area contributed by atoms with Gasteiger partial charge >= 0.3 is 0 Å². The number of pyridine rings is 1. The fraction of sp³-hybridized carbons (Fsp3) is 0.154. The van der Waals surface area contributed by atoms with Crippen LogP contribution in [0.1, 0.15) is 28.9 Å². The molecule has 6 heteroatoms. The van der Waals surface area contributed by atoms with Crippen molar-refractivity contribution in [3.8, 4) is 11.5 Å². The molecule has 4 rings (SSSR count). The molecule has 162 valence electrons. The lowest BCUT2D eigenvalue weighted by Gasteiger charge is -2.17. The van der Waals surface area contributed by atoms with E-state index in [0.29, 0.717) is 22.9 Å². The first kappa shape index (κ1) is 21.2. The third-order valence-electron chi connectivity index (χ3n) is 5.28. The summed E-state index contributed by atoms with van der Waals surface area (Å²) in [6.07, 6.45) is 0. The maximum Gasteiger partial charge on any atom is 0.252 e. The highest BCUT2D eigenvalue weighted by atomic mass is 16.5. The van der Waals surface area contributed by atoms with E-state index in [2.05, 4.69) is 10.6 Å². The average Bonchev–Trinajstić information content (AvgIpc) is 2.84. The van der Waals surface area contributed by atoms with E-state index in [1.165, 1.54) is 0 Å². The molecule has 0 radical (unpaired) electrons. The number of rotatable bonds is 7. The maximum absolute atomic E-state index is 13.2. The molecule has 1 atom stereocenters. The zero-order valence-corrected chi connectivity index (χ0v) is 18.3. The molecule has 0 spiro atoms. The van der Waals surface area contributed by atoms with Gasteiger partial charge in [-0.3, -0.25) is 4.79 Å². The van der Waals surface area contributed by atoms with Crippen molar-refractivity contribution in [3.05, 3.63) is 90.0 Å². The highest BCUT2D eigenvalue weighted by Crippen LogP contribution is 2.32. The highest BCUT2D eigenvalue weighted by Gasteiger charge is 2.17. The summed E-state index contributed by atoms with van der Waals surface area (Å²) in [7, 11) is 3.20.